The van der Waals surface area contributed by atoms with Gasteiger partial charge < -0.3 is 4.74 Å². The molecule has 0 radical (unpaired) electrons. The third-order valence-corrected chi connectivity index (χ3v) is 5.72. The number of methoxy groups -OCH3 is 1. The van der Waals surface area contributed by atoms with Crippen molar-refractivity contribution in [1.82, 2.24) is 9.97 Å². The molecule has 2 heterocycles. The molecule has 0 unspecified atom stereocenters. The van der Waals surface area contributed by atoms with Gasteiger partial charge in [-0.25, -0.2) is 8.42 Å². The first-order chi connectivity index (χ1) is 15.9. The number of benzene rings is 2. The van der Waals surface area contributed by atoms with Gasteiger partial charge in [-0.1, -0.05) is 12.1 Å². The summed E-state index contributed by atoms with van der Waals surface area (Å²) in [6, 6.07) is 20.6. The van der Waals surface area contributed by atoms with Gasteiger partial charge in [0, 0.05) is 62.8 Å². The van der Waals surface area contributed by atoms with E-state index in [2.05, 4.69) is 14.7 Å². The van der Waals surface area contributed by atoms with E-state index >= 15 is 0 Å². The Labute approximate surface area is 215 Å². The summed E-state index contributed by atoms with van der Waals surface area (Å²) in [7, 11) is -2.49. The number of sulfonamides is 1. The van der Waals surface area contributed by atoms with Gasteiger partial charge in [0.15, 0.2) is 0 Å². The second kappa shape index (κ2) is 13.9. The standard InChI is InChI=1S/C18H15N3O5S.C5H5N.FH.Pd/c1-26-14-7-10-16(17-4-2-3-11-19-17)18(12-14)20-27(24,25)15-8-5-13(6-9-15)21(22)23;1-2-4-6-5-3-1;;/h2-12,20H,1H3;1-5H;1H;. The fourth-order valence-electron chi connectivity index (χ4n) is 2.74. The number of rotatable bonds is 6. The van der Waals surface area contributed by atoms with E-state index in [1.807, 2.05) is 18.2 Å². The summed E-state index contributed by atoms with van der Waals surface area (Å²) < 4.78 is 33.1. The maximum atomic E-state index is 12.7. The number of nitrogens with one attached hydrogen (secondary N) is 1. The summed E-state index contributed by atoms with van der Waals surface area (Å²) in [4.78, 5) is 18.1. The fourth-order valence-corrected chi connectivity index (χ4v) is 3.81. The van der Waals surface area contributed by atoms with Crippen LogP contribution in [0.4, 0.5) is 16.1 Å². The van der Waals surface area contributed by atoms with Crippen LogP contribution in [-0.4, -0.2) is 30.4 Å². The van der Waals surface area contributed by atoms with Gasteiger partial charge >= 0.3 is 0 Å². The number of pyridine rings is 2. The first-order valence-corrected chi connectivity index (χ1v) is 11.1. The molecule has 12 heteroatoms. The van der Waals surface area contributed by atoms with Gasteiger partial charge in [-0.05, 0) is 48.5 Å². The van der Waals surface area contributed by atoms with Crippen LogP contribution < -0.4 is 9.46 Å². The van der Waals surface area contributed by atoms with Crippen LogP contribution in [0.3, 0.4) is 0 Å². The Morgan fingerprint density at radius 2 is 1.57 bits per heavy atom. The first-order valence-electron chi connectivity index (χ1n) is 9.62. The van der Waals surface area contributed by atoms with Crippen molar-refractivity contribution in [3.8, 4) is 17.0 Å². The third-order valence-electron chi connectivity index (χ3n) is 4.34. The summed E-state index contributed by atoms with van der Waals surface area (Å²) in [5.74, 6) is 0.469. The molecular weight excluding hydrogens is 570 g/mol. The number of nitro benzene ring substituents is 1. The zero-order valence-electron chi connectivity index (χ0n) is 18.3. The number of hydrogen-bond donors (Lipinski definition) is 1. The van der Waals surface area contributed by atoms with Crippen molar-refractivity contribution >= 4 is 21.4 Å². The van der Waals surface area contributed by atoms with Crippen molar-refractivity contribution in [2.24, 2.45) is 0 Å². The molecule has 0 saturated carbocycles. The second-order valence-electron chi connectivity index (χ2n) is 6.51. The average molecular weight is 591 g/mol. The van der Waals surface area contributed by atoms with Crippen LogP contribution in [0.1, 0.15) is 0 Å². The summed E-state index contributed by atoms with van der Waals surface area (Å²) in [5.41, 5.74) is 1.25. The van der Waals surface area contributed by atoms with Crippen molar-refractivity contribution in [1.29, 1.82) is 0 Å². The molecular formula is C23H21FN4O5PdS. The van der Waals surface area contributed by atoms with E-state index < -0.39 is 14.9 Å². The Bertz CT molecular complexity index is 1290. The molecule has 0 saturated heterocycles. The average Bonchev–Trinajstić information content (AvgIpc) is 2.86. The van der Waals surface area contributed by atoms with Gasteiger partial charge in [-0.2, -0.15) is 0 Å². The van der Waals surface area contributed by atoms with Gasteiger partial charge in [0.2, 0.25) is 0 Å². The number of halogens is 1. The maximum Gasteiger partial charge on any atom is 0.269 e. The van der Waals surface area contributed by atoms with Gasteiger partial charge in [-0.15, -0.1) is 0 Å². The summed E-state index contributed by atoms with van der Waals surface area (Å²) >= 11 is 0. The predicted molar refractivity (Wildman–Crippen MR) is 127 cm³/mol. The van der Waals surface area contributed by atoms with E-state index in [0.29, 0.717) is 17.0 Å². The number of hydrogen-bond acceptors (Lipinski definition) is 7. The number of nitro groups is 1. The van der Waals surface area contributed by atoms with Crippen molar-refractivity contribution in [3.05, 3.63) is 108 Å². The molecule has 35 heavy (non-hydrogen) atoms. The Morgan fingerprint density at radius 3 is 2.06 bits per heavy atom. The molecule has 0 aliphatic rings. The zero-order chi connectivity index (χ0) is 23.7. The molecule has 0 bridgehead atoms. The number of nitrogens with zero attached hydrogens (tertiary/aromatic N) is 3. The first kappa shape index (κ1) is 29.3. The van der Waals surface area contributed by atoms with E-state index in [1.165, 1.54) is 19.2 Å². The molecule has 0 fully saturated rings. The monoisotopic (exact) mass is 590 g/mol. The zero-order valence-corrected chi connectivity index (χ0v) is 20.6. The minimum absolute atomic E-state index is 0. The molecule has 0 aliphatic carbocycles. The number of non-ortho nitro benzene ring substituents is 1. The molecule has 0 amide bonds. The van der Waals surface area contributed by atoms with E-state index in [0.717, 1.165) is 12.1 Å². The van der Waals surface area contributed by atoms with Gasteiger partial charge in [-0.3, -0.25) is 29.5 Å². The summed E-state index contributed by atoms with van der Waals surface area (Å²) in [6.45, 7) is 0. The fraction of sp³-hybridized carbons (Fsp3) is 0.0435. The van der Waals surface area contributed by atoms with Crippen molar-refractivity contribution in [2.75, 3.05) is 11.8 Å². The number of anilines is 1. The Kier molecular flexibility index (Phi) is 11.6. The minimum Gasteiger partial charge on any atom is -0.497 e. The normalized spacial score (nSPS) is 9.86. The van der Waals surface area contributed by atoms with Gasteiger partial charge in [0.1, 0.15) is 5.75 Å². The van der Waals surface area contributed by atoms with Crippen LogP contribution >= 0.6 is 0 Å². The molecule has 186 valence electrons. The maximum absolute atomic E-state index is 12.7. The number of aromatic nitrogens is 2. The molecule has 4 aromatic rings. The Balaban J connectivity index is 0.000000671. The predicted octanol–water partition coefficient (Wildman–Crippen LogP) is 4.70. The molecule has 9 nitrogen and oxygen atoms in total. The molecule has 0 aliphatic heterocycles. The third kappa shape index (κ3) is 8.22. The van der Waals surface area contributed by atoms with Crippen LogP contribution in [0.15, 0.2) is 102 Å². The van der Waals surface area contributed by atoms with Crippen LogP contribution in [0.2, 0.25) is 0 Å². The number of ether oxygens (including phenoxy) is 1. The topological polar surface area (TPSA) is 124 Å². The van der Waals surface area contributed by atoms with Crippen LogP contribution in [0.25, 0.3) is 11.3 Å². The van der Waals surface area contributed by atoms with E-state index in [-0.39, 0.29) is 41.4 Å². The van der Waals surface area contributed by atoms with Crippen molar-refractivity contribution < 1.29 is 43.2 Å². The summed E-state index contributed by atoms with van der Waals surface area (Å²) in [6.07, 6.45) is 5.11. The van der Waals surface area contributed by atoms with E-state index in [9.17, 15) is 18.5 Å². The van der Waals surface area contributed by atoms with E-state index in [4.69, 9.17) is 4.74 Å². The van der Waals surface area contributed by atoms with Crippen LogP contribution in [0, 0.1) is 10.1 Å². The van der Waals surface area contributed by atoms with Crippen molar-refractivity contribution in [3.63, 3.8) is 0 Å². The molecule has 2 aromatic carbocycles. The smallest absolute Gasteiger partial charge is 0.269 e. The molecule has 0 atom stereocenters. The Morgan fingerprint density at radius 1 is 0.914 bits per heavy atom. The SMILES string of the molecule is COc1ccc(-c2ccccn2)c(NS(=O)(=O)c2ccc([N+](=O)[O-])cc2)c1.F.[Pd].c1ccncc1. The Hall–Kier alpha value is -3.72. The summed E-state index contributed by atoms with van der Waals surface area (Å²) in [5, 5.41) is 10.7. The van der Waals surface area contributed by atoms with E-state index in [1.54, 1.807) is 55.0 Å². The van der Waals surface area contributed by atoms with Crippen LogP contribution in [0.5, 0.6) is 5.75 Å². The largest absolute Gasteiger partial charge is 0.497 e. The molecule has 1 N–H and O–H groups in total. The molecule has 2 aromatic heterocycles. The molecule has 0 spiro atoms. The molecule has 4 rings (SSSR count). The minimum atomic E-state index is -3.97. The quantitative estimate of drug-likeness (QED) is 0.196. The van der Waals surface area contributed by atoms with Crippen LogP contribution in [-0.2, 0) is 30.4 Å². The van der Waals surface area contributed by atoms with Crippen molar-refractivity contribution in [2.45, 2.75) is 4.90 Å². The van der Waals surface area contributed by atoms with Gasteiger partial charge in [0.25, 0.3) is 15.7 Å². The second-order valence-corrected chi connectivity index (χ2v) is 8.19. The van der Waals surface area contributed by atoms with Gasteiger partial charge in [0.05, 0.1) is 28.3 Å².